The molecule has 4 rings (SSSR count). The summed E-state index contributed by atoms with van der Waals surface area (Å²) in [5, 5.41) is 3.35. The number of halogens is 1. The first-order valence-electron chi connectivity index (χ1n) is 5.79. The largest absolute Gasteiger partial charge is 0.453 e. The second-order valence-electron chi connectivity index (χ2n) is 4.26. The zero-order valence-electron chi connectivity index (χ0n) is 9.72. The Kier molecular flexibility index (Phi) is 2.22. The summed E-state index contributed by atoms with van der Waals surface area (Å²) in [5.41, 5.74) is 3.50. The number of nitrogens with one attached hydrogen (secondary N) is 1. The van der Waals surface area contributed by atoms with Crippen molar-refractivity contribution in [2.45, 2.75) is 0 Å². The fourth-order valence-electron chi connectivity index (χ4n) is 2.13. The lowest BCUT2D eigenvalue weighted by Gasteiger charge is -2.22. The van der Waals surface area contributed by atoms with Gasteiger partial charge in [0.1, 0.15) is 0 Å². The van der Waals surface area contributed by atoms with Crippen LogP contribution in [0.25, 0.3) is 11.0 Å². The molecule has 0 radical (unpaired) electrons. The Morgan fingerprint density at radius 1 is 0.895 bits per heavy atom. The van der Waals surface area contributed by atoms with Crippen molar-refractivity contribution in [1.82, 2.24) is 9.97 Å². The molecular formula is C14H8BrN3O. The Morgan fingerprint density at radius 2 is 1.63 bits per heavy atom. The Morgan fingerprint density at radius 3 is 2.47 bits per heavy atom. The van der Waals surface area contributed by atoms with Gasteiger partial charge in [0, 0.05) is 22.9 Å². The van der Waals surface area contributed by atoms with Gasteiger partial charge in [0.25, 0.3) is 0 Å². The van der Waals surface area contributed by atoms with Gasteiger partial charge >= 0.3 is 0 Å². The third kappa shape index (κ3) is 1.74. The van der Waals surface area contributed by atoms with Crippen LogP contribution in [0, 0.1) is 0 Å². The van der Waals surface area contributed by atoms with Crippen LogP contribution in [0.4, 0.5) is 11.4 Å². The van der Waals surface area contributed by atoms with Gasteiger partial charge in [-0.2, -0.15) is 0 Å². The van der Waals surface area contributed by atoms with E-state index in [9.17, 15) is 0 Å². The minimum Gasteiger partial charge on any atom is -0.453 e. The number of hydrogen-bond acceptors (Lipinski definition) is 4. The van der Waals surface area contributed by atoms with Crippen LogP contribution in [0.1, 0.15) is 0 Å². The lowest BCUT2D eigenvalue weighted by atomic mass is 10.2. The molecule has 0 unspecified atom stereocenters. The smallest absolute Gasteiger partial charge is 0.153 e. The van der Waals surface area contributed by atoms with Crippen LogP contribution in [-0.4, -0.2) is 9.97 Å². The molecule has 3 aromatic rings. The van der Waals surface area contributed by atoms with E-state index in [1.807, 2.05) is 30.3 Å². The maximum Gasteiger partial charge on any atom is 0.153 e. The summed E-state index contributed by atoms with van der Waals surface area (Å²) in [7, 11) is 0. The summed E-state index contributed by atoms with van der Waals surface area (Å²) in [6.45, 7) is 0. The van der Waals surface area contributed by atoms with Crippen molar-refractivity contribution in [2.75, 3.05) is 5.32 Å². The van der Waals surface area contributed by atoms with Gasteiger partial charge in [0.15, 0.2) is 11.5 Å². The van der Waals surface area contributed by atoms with Crippen LogP contribution in [0.2, 0.25) is 0 Å². The van der Waals surface area contributed by atoms with Crippen molar-refractivity contribution in [3.05, 3.63) is 47.2 Å². The Bertz CT molecular complexity index is 804. The molecule has 1 aromatic heterocycles. The van der Waals surface area contributed by atoms with Crippen molar-refractivity contribution in [3.8, 4) is 11.5 Å². The fourth-order valence-corrected chi connectivity index (χ4v) is 2.49. The maximum absolute atomic E-state index is 5.89. The van der Waals surface area contributed by atoms with E-state index in [0.29, 0.717) is 0 Å². The zero-order valence-corrected chi connectivity index (χ0v) is 11.3. The summed E-state index contributed by atoms with van der Waals surface area (Å²) < 4.78 is 6.90. The monoisotopic (exact) mass is 313 g/mol. The second-order valence-corrected chi connectivity index (χ2v) is 5.18. The number of benzene rings is 2. The molecule has 0 atom stereocenters. The van der Waals surface area contributed by atoms with Crippen LogP contribution >= 0.6 is 15.9 Å². The van der Waals surface area contributed by atoms with Gasteiger partial charge in [-0.1, -0.05) is 15.9 Å². The van der Waals surface area contributed by atoms with Gasteiger partial charge in [-0.15, -0.1) is 0 Å². The molecule has 2 heterocycles. The van der Waals surface area contributed by atoms with Crippen LogP contribution < -0.4 is 10.1 Å². The minimum atomic E-state index is 0.767. The lowest BCUT2D eigenvalue weighted by molar-refractivity contribution is 0.481. The topological polar surface area (TPSA) is 47.0 Å². The highest BCUT2D eigenvalue weighted by Gasteiger charge is 2.17. The predicted octanol–water partition coefficient (Wildman–Crippen LogP) is 4.24. The molecule has 1 aliphatic rings. The summed E-state index contributed by atoms with van der Waals surface area (Å²) in [4.78, 5) is 8.58. The van der Waals surface area contributed by atoms with Gasteiger partial charge in [-0.25, -0.2) is 0 Å². The number of aromatic nitrogens is 2. The maximum atomic E-state index is 5.89. The third-order valence-electron chi connectivity index (χ3n) is 3.00. The third-order valence-corrected chi connectivity index (χ3v) is 3.49. The first-order chi connectivity index (χ1) is 9.29. The molecule has 0 fully saturated rings. The van der Waals surface area contributed by atoms with E-state index in [2.05, 4.69) is 31.2 Å². The molecule has 1 aliphatic heterocycles. The highest BCUT2D eigenvalue weighted by Crippen LogP contribution is 2.43. The second kappa shape index (κ2) is 3.93. The molecule has 2 aromatic carbocycles. The van der Waals surface area contributed by atoms with Gasteiger partial charge < -0.3 is 10.1 Å². The molecule has 0 saturated carbocycles. The molecule has 92 valence electrons. The van der Waals surface area contributed by atoms with Gasteiger partial charge in [-0.05, 0) is 24.3 Å². The minimum absolute atomic E-state index is 0.767. The Labute approximate surface area is 117 Å². The summed E-state index contributed by atoms with van der Waals surface area (Å²) >= 11 is 3.45. The fraction of sp³-hybridized carbons (Fsp3) is 0. The molecule has 0 aliphatic carbocycles. The van der Waals surface area contributed by atoms with Crippen LogP contribution in [0.15, 0.2) is 47.2 Å². The Hall–Kier alpha value is -2.14. The normalized spacial score (nSPS) is 12.3. The van der Waals surface area contributed by atoms with E-state index in [4.69, 9.17) is 4.74 Å². The zero-order chi connectivity index (χ0) is 12.8. The quantitative estimate of drug-likeness (QED) is 0.527. The van der Waals surface area contributed by atoms with Gasteiger partial charge in [-0.3, -0.25) is 9.97 Å². The molecule has 0 bridgehead atoms. The number of anilines is 2. The summed E-state index contributed by atoms with van der Waals surface area (Å²) in [6, 6.07) is 9.71. The number of ether oxygens (including phenoxy) is 1. The molecule has 5 heteroatoms. The first kappa shape index (κ1) is 10.8. The van der Waals surface area contributed by atoms with E-state index in [1.165, 1.54) is 0 Å². The van der Waals surface area contributed by atoms with Crippen LogP contribution in [-0.2, 0) is 0 Å². The van der Waals surface area contributed by atoms with E-state index in [0.717, 1.165) is 38.4 Å². The SMILES string of the molecule is Brc1ccc2c(c1)Nc1cc3nccnc3cc1O2. The van der Waals surface area contributed by atoms with E-state index >= 15 is 0 Å². The average molecular weight is 314 g/mol. The van der Waals surface area contributed by atoms with Gasteiger partial charge in [0.05, 0.1) is 22.4 Å². The highest BCUT2D eigenvalue weighted by atomic mass is 79.9. The van der Waals surface area contributed by atoms with E-state index in [1.54, 1.807) is 12.4 Å². The first-order valence-corrected chi connectivity index (χ1v) is 6.58. The molecule has 19 heavy (non-hydrogen) atoms. The number of hydrogen-bond donors (Lipinski definition) is 1. The summed E-state index contributed by atoms with van der Waals surface area (Å²) in [6.07, 6.45) is 3.36. The number of fused-ring (bicyclic) bond motifs is 3. The van der Waals surface area contributed by atoms with Crippen molar-refractivity contribution in [2.24, 2.45) is 0 Å². The van der Waals surface area contributed by atoms with Crippen molar-refractivity contribution in [3.63, 3.8) is 0 Å². The van der Waals surface area contributed by atoms with E-state index < -0.39 is 0 Å². The van der Waals surface area contributed by atoms with Crippen LogP contribution in [0.5, 0.6) is 11.5 Å². The summed E-state index contributed by atoms with van der Waals surface area (Å²) in [5.74, 6) is 1.57. The lowest BCUT2D eigenvalue weighted by Crippen LogP contribution is -2.03. The number of nitrogens with zero attached hydrogens (tertiary/aromatic N) is 2. The molecular weight excluding hydrogens is 306 g/mol. The molecule has 0 amide bonds. The highest BCUT2D eigenvalue weighted by molar-refractivity contribution is 9.10. The molecule has 4 nitrogen and oxygen atoms in total. The molecule has 0 spiro atoms. The number of rotatable bonds is 0. The van der Waals surface area contributed by atoms with Crippen molar-refractivity contribution in [1.29, 1.82) is 0 Å². The molecule has 0 saturated heterocycles. The standard InChI is InChI=1S/C14H8BrN3O/c15-8-1-2-13-11(5-8)18-12-6-9-10(7-14(12)19-13)17-4-3-16-9/h1-7,18H. The van der Waals surface area contributed by atoms with E-state index in [-0.39, 0.29) is 0 Å². The van der Waals surface area contributed by atoms with Crippen LogP contribution in [0.3, 0.4) is 0 Å². The predicted molar refractivity (Wildman–Crippen MR) is 77.0 cm³/mol. The molecule has 1 N–H and O–H groups in total. The van der Waals surface area contributed by atoms with Gasteiger partial charge in [0.2, 0.25) is 0 Å². The Balaban J connectivity index is 1.90. The average Bonchev–Trinajstić information content (AvgIpc) is 2.43. The van der Waals surface area contributed by atoms with Crippen molar-refractivity contribution < 1.29 is 4.74 Å². The van der Waals surface area contributed by atoms with Crippen molar-refractivity contribution >= 4 is 38.3 Å².